The van der Waals surface area contributed by atoms with E-state index in [0.717, 1.165) is 0 Å². The molecule has 0 radical (unpaired) electrons. The maximum Gasteiger partial charge on any atom is 0.228 e. The molecule has 1 unspecified atom stereocenters. The minimum atomic E-state index is -3.62. The van der Waals surface area contributed by atoms with E-state index < -0.39 is 15.9 Å². The average molecular weight is 496 g/mol. The number of nitrogens with one attached hydrogen (secondary N) is 1. The third kappa shape index (κ3) is 5.57. The van der Waals surface area contributed by atoms with Crippen molar-refractivity contribution in [1.29, 1.82) is 0 Å². The van der Waals surface area contributed by atoms with E-state index in [2.05, 4.69) is 5.32 Å². The van der Waals surface area contributed by atoms with Gasteiger partial charge in [-0.15, -0.1) is 0 Å². The maximum atomic E-state index is 12.9. The Balaban J connectivity index is 1.70. The Labute approximate surface area is 189 Å². The number of para-hydroxylation sites is 1. The summed E-state index contributed by atoms with van der Waals surface area (Å²) in [5, 5.41) is 4.04. The molecule has 2 aromatic carbocycles. The van der Waals surface area contributed by atoms with Crippen molar-refractivity contribution in [3.8, 4) is 0 Å². The SMILES string of the molecule is O=C(Nc1c(Cl)cccc1Cl)C1CCCN(S(=O)(=O)Cc2ccc(Cl)c(Cl)c2)C1. The smallest absolute Gasteiger partial charge is 0.228 e. The highest BCUT2D eigenvalue weighted by Gasteiger charge is 2.33. The molecule has 1 aliphatic heterocycles. The molecule has 3 rings (SSSR count). The number of hydrogen-bond acceptors (Lipinski definition) is 3. The third-order valence-corrected chi connectivity index (χ3v) is 7.88. The number of carbonyl (C=O) groups is 1. The predicted molar refractivity (Wildman–Crippen MR) is 118 cm³/mol. The summed E-state index contributed by atoms with van der Waals surface area (Å²) in [6, 6.07) is 9.65. The van der Waals surface area contributed by atoms with Crippen molar-refractivity contribution in [2.75, 3.05) is 18.4 Å². The molecular weight excluding hydrogens is 478 g/mol. The van der Waals surface area contributed by atoms with Crippen molar-refractivity contribution in [3.63, 3.8) is 0 Å². The lowest BCUT2D eigenvalue weighted by Gasteiger charge is -2.31. The molecule has 1 N–H and O–H groups in total. The Morgan fingerprint density at radius 2 is 1.72 bits per heavy atom. The van der Waals surface area contributed by atoms with Crippen LogP contribution in [0.5, 0.6) is 0 Å². The highest BCUT2D eigenvalue weighted by Crippen LogP contribution is 2.31. The maximum absolute atomic E-state index is 12.9. The van der Waals surface area contributed by atoms with E-state index in [1.165, 1.54) is 10.4 Å². The van der Waals surface area contributed by atoms with Crippen LogP contribution in [0.1, 0.15) is 18.4 Å². The van der Waals surface area contributed by atoms with Gasteiger partial charge in [-0.2, -0.15) is 0 Å². The Hall–Kier alpha value is -1.02. The quantitative estimate of drug-likeness (QED) is 0.597. The number of anilines is 1. The van der Waals surface area contributed by atoms with Crippen LogP contribution in [-0.2, 0) is 20.6 Å². The second kappa shape index (κ2) is 9.41. The molecule has 1 aliphatic rings. The van der Waals surface area contributed by atoms with Gasteiger partial charge in [-0.3, -0.25) is 4.79 Å². The van der Waals surface area contributed by atoms with Gasteiger partial charge in [-0.25, -0.2) is 12.7 Å². The molecule has 2 aromatic rings. The second-order valence-corrected chi connectivity index (χ2v) is 10.4. The highest BCUT2D eigenvalue weighted by molar-refractivity contribution is 7.88. The van der Waals surface area contributed by atoms with Gasteiger partial charge in [-0.1, -0.05) is 58.5 Å². The molecule has 156 valence electrons. The molecule has 5 nitrogen and oxygen atoms in total. The zero-order valence-electron chi connectivity index (χ0n) is 15.2. The molecule has 0 aliphatic carbocycles. The Morgan fingerprint density at radius 1 is 1.03 bits per heavy atom. The van der Waals surface area contributed by atoms with Crippen LogP contribution in [0.25, 0.3) is 0 Å². The van der Waals surface area contributed by atoms with Crippen LogP contribution in [0.2, 0.25) is 20.1 Å². The minimum absolute atomic E-state index is 0.0948. The molecule has 1 heterocycles. The number of piperidine rings is 1. The second-order valence-electron chi connectivity index (χ2n) is 6.79. The highest BCUT2D eigenvalue weighted by atomic mass is 35.5. The van der Waals surface area contributed by atoms with Crippen LogP contribution in [-0.4, -0.2) is 31.7 Å². The standard InChI is InChI=1S/C19H18Cl4N2O3S/c20-14-7-6-12(9-17(14)23)11-29(27,28)25-8-2-3-13(10-25)19(26)24-18-15(21)4-1-5-16(18)22/h1,4-7,9,13H,2-3,8,10-11H2,(H,24,26). The largest absolute Gasteiger partial charge is 0.323 e. The van der Waals surface area contributed by atoms with E-state index in [9.17, 15) is 13.2 Å². The topological polar surface area (TPSA) is 66.5 Å². The summed E-state index contributed by atoms with van der Waals surface area (Å²) in [5.41, 5.74) is 0.866. The van der Waals surface area contributed by atoms with Crippen molar-refractivity contribution < 1.29 is 13.2 Å². The van der Waals surface area contributed by atoms with Crippen molar-refractivity contribution in [1.82, 2.24) is 4.31 Å². The number of rotatable bonds is 5. The van der Waals surface area contributed by atoms with Gasteiger partial charge in [-0.05, 0) is 42.7 Å². The molecule has 0 spiro atoms. The molecule has 1 fully saturated rings. The number of sulfonamides is 1. The predicted octanol–water partition coefficient (Wildman–Crippen LogP) is 5.48. The summed E-state index contributed by atoms with van der Waals surface area (Å²) in [4.78, 5) is 12.7. The van der Waals surface area contributed by atoms with Crippen LogP contribution in [0.3, 0.4) is 0 Å². The lowest BCUT2D eigenvalue weighted by molar-refractivity contribution is -0.120. The van der Waals surface area contributed by atoms with Crippen molar-refractivity contribution in [3.05, 3.63) is 62.1 Å². The summed E-state index contributed by atoms with van der Waals surface area (Å²) in [7, 11) is -3.62. The average Bonchev–Trinajstić information content (AvgIpc) is 2.67. The number of amides is 1. The van der Waals surface area contributed by atoms with E-state index in [-0.39, 0.29) is 18.2 Å². The molecule has 0 aromatic heterocycles. The van der Waals surface area contributed by atoms with Gasteiger partial charge in [0.25, 0.3) is 0 Å². The number of benzene rings is 2. The summed E-state index contributed by atoms with van der Waals surface area (Å²) in [6.07, 6.45) is 1.15. The van der Waals surface area contributed by atoms with Crippen molar-refractivity contribution >= 4 is 68.0 Å². The Bertz CT molecular complexity index is 1010. The van der Waals surface area contributed by atoms with Gasteiger partial charge in [0.05, 0.1) is 37.4 Å². The molecule has 1 atom stereocenters. The van der Waals surface area contributed by atoms with E-state index in [4.69, 9.17) is 46.4 Å². The Kier molecular flexibility index (Phi) is 7.36. The zero-order chi connectivity index (χ0) is 21.2. The Morgan fingerprint density at radius 3 is 2.38 bits per heavy atom. The summed E-state index contributed by atoms with van der Waals surface area (Å²) in [5.74, 6) is -1.02. The molecule has 1 amide bonds. The summed E-state index contributed by atoms with van der Waals surface area (Å²) >= 11 is 24.1. The third-order valence-electron chi connectivity index (χ3n) is 4.69. The van der Waals surface area contributed by atoms with Crippen LogP contribution in [0.4, 0.5) is 5.69 Å². The first-order valence-corrected chi connectivity index (χ1v) is 12.0. The fraction of sp³-hybridized carbons (Fsp3) is 0.316. The van der Waals surface area contributed by atoms with Crippen molar-refractivity contribution in [2.45, 2.75) is 18.6 Å². The van der Waals surface area contributed by atoms with Gasteiger partial charge in [0, 0.05) is 13.1 Å². The van der Waals surface area contributed by atoms with E-state index in [1.54, 1.807) is 30.3 Å². The van der Waals surface area contributed by atoms with Gasteiger partial charge < -0.3 is 5.32 Å². The number of nitrogens with zero attached hydrogens (tertiary/aromatic N) is 1. The first-order valence-electron chi connectivity index (χ1n) is 8.84. The van der Waals surface area contributed by atoms with Gasteiger partial charge in [0.15, 0.2) is 0 Å². The lowest BCUT2D eigenvalue weighted by atomic mass is 9.98. The number of carbonyl (C=O) groups excluding carboxylic acids is 1. The van der Waals surface area contributed by atoms with E-state index in [0.29, 0.717) is 50.7 Å². The van der Waals surface area contributed by atoms with Crippen LogP contribution < -0.4 is 5.32 Å². The molecule has 1 saturated heterocycles. The molecule has 10 heteroatoms. The number of halogens is 4. The van der Waals surface area contributed by atoms with Gasteiger partial charge >= 0.3 is 0 Å². The summed E-state index contributed by atoms with van der Waals surface area (Å²) < 4.78 is 27.1. The first kappa shape index (κ1) is 22.7. The lowest BCUT2D eigenvalue weighted by Crippen LogP contribution is -2.44. The monoisotopic (exact) mass is 494 g/mol. The van der Waals surface area contributed by atoms with E-state index >= 15 is 0 Å². The summed E-state index contributed by atoms with van der Waals surface area (Å²) in [6.45, 7) is 0.456. The zero-order valence-corrected chi connectivity index (χ0v) is 19.0. The fourth-order valence-electron chi connectivity index (χ4n) is 3.18. The van der Waals surface area contributed by atoms with E-state index in [1.807, 2.05) is 0 Å². The molecule has 0 saturated carbocycles. The molecular formula is C19H18Cl4N2O3S. The number of hydrogen-bond donors (Lipinski definition) is 1. The van der Waals surface area contributed by atoms with Crippen LogP contribution in [0, 0.1) is 5.92 Å². The van der Waals surface area contributed by atoms with Crippen LogP contribution in [0.15, 0.2) is 36.4 Å². The minimum Gasteiger partial charge on any atom is -0.323 e. The van der Waals surface area contributed by atoms with Crippen LogP contribution >= 0.6 is 46.4 Å². The van der Waals surface area contributed by atoms with Gasteiger partial charge in [0.1, 0.15) is 0 Å². The fourth-order valence-corrected chi connectivity index (χ4v) is 5.59. The first-order chi connectivity index (χ1) is 13.7. The molecule has 0 bridgehead atoms. The van der Waals surface area contributed by atoms with Gasteiger partial charge in [0.2, 0.25) is 15.9 Å². The van der Waals surface area contributed by atoms with Crippen molar-refractivity contribution in [2.24, 2.45) is 5.92 Å². The molecule has 29 heavy (non-hydrogen) atoms. The normalized spacial score (nSPS) is 17.9.